The van der Waals surface area contributed by atoms with Crippen LogP contribution in [0.15, 0.2) is 22.7 Å². The Labute approximate surface area is 120 Å². The summed E-state index contributed by atoms with van der Waals surface area (Å²) in [5.74, 6) is -2.02. The molecule has 0 saturated heterocycles. The summed E-state index contributed by atoms with van der Waals surface area (Å²) in [7, 11) is 0. The van der Waals surface area contributed by atoms with E-state index < -0.39 is 17.8 Å². The van der Waals surface area contributed by atoms with Crippen molar-refractivity contribution in [3.63, 3.8) is 0 Å². The van der Waals surface area contributed by atoms with E-state index >= 15 is 0 Å². The molecule has 2 atom stereocenters. The fraction of sp³-hybridized carbons (Fsp3) is 0.429. The van der Waals surface area contributed by atoms with Crippen molar-refractivity contribution in [3.8, 4) is 0 Å². The highest BCUT2D eigenvalue weighted by Gasteiger charge is 2.37. The lowest BCUT2D eigenvalue weighted by Crippen LogP contribution is -2.30. The van der Waals surface area contributed by atoms with Gasteiger partial charge in [0.05, 0.1) is 11.8 Å². The van der Waals surface area contributed by atoms with E-state index in [4.69, 9.17) is 5.11 Å². The zero-order chi connectivity index (χ0) is 14.0. The highest BCUT2D eigenvalue weighted by molar-refractivity contribution is 9.10. The topological polar surface area (TPSA) is 66.4 Å². The molecule has 1 aliphatic carbocycles. The molecule has 1 fully saturated rings. The zero-order valence-electron chi connectivity index (χ0n) is 10.6. The Kier molecular flexibility index (Phi) is 4.24. The number of benzene rings is 1. The van der Waals surface area contributed by atoms with Crippen LogP contribution in [0.2, 0.25) is 0 Å². The van der Waals surface area contributed by atoms with E-state index in [0.717, 1.165) is 22.1 Å². The molecule has 0 spiro atoms. The second kappa shape index (κ2) is 5.74. The number of rotatable bonds is 3. The van der Waals surface area contributed by atoms with Gasteiger partial charge in [-0.1, -0.05) is 22.4 Å². The summed E-state index contributed by atoms with van der Waals surface area (Å²) in [6.45, 7) is 1.91. The molecule has 1 amide bonds. The van der Waals surface area contributed by atoms with Crippen LogP contribution in [0, 0.1) is 18.8 Å². The van der Waals surface area contributed by atoms with E-state index in [1.54, 1.807) is 0 Å². The minimum Gasteiger partial charge on any atom is -0.481 e. The molecular formula is C14H16BrNO3. The summed E-state index contributed by atoms with van der Waals surface area (Å²) >= 11 is 3.37. The second-order valence-electron chi connectivity index (χ2n) is 4.93. The number of hydrogen-bond acceptors (Lipinski definition) is 2. The first-order valence-corrected chi connectivity index (χ1v) is 7.08. The van der Waals surface area contributed by atoms with Gasteiger partial charge in [0.1, 0.15) is 0 Å². The van der Waals surface area contributed by atoms with Crippen LogP contribution in [0.1, 0.15) is 24.8 Å². The third-order valence-corrected chi connectivity index (χ3v) is 4.11. The first kappa shape index (κ1) is 14.1. The Balaban J connectivity index is 2.10. The van der Waals surface area contributed by atoms with Gasteiger partial charge in [-0.25, -0.2) is 0 Å². The van der Waals surface area contributed by atoms with Crippen LogP contribution in [-0.2, 0) is 9.59 Å². The number of halogens is 1. The van der Waals surface area contributed by atoms with E-state index in [-0.39, 0.29) is 5.91 Å². The maximum atomic E-state index is 12.2. The number of amides is 1. The van der Waals surface area contributed by atoms with Gasteiger partial charge in [0, 0.05) is 10.2 Å². The SMILES string of the molecule is Cc1cc(Br)ccc1NC(=O)C1CCCC1C(=O)O. The fourth-order valence-corrected chi connectivity index (χ4v) is 3.04. The summed E-state index contributed by atoms with van der Waals surface area (Å²) in [5.41, 5.74) is 1.69. The average Bonchev–Trinajstić information content (AvgIpc) is 2.82. The van der Waals surface area contributed by atoms with Gasteiger partial charge >= 0.3 is 5.97 Å². The molecule has 1 aromatic carbocycles. The monoisotopic (exact) mass is 325 g/mol. The Morgan fingerprint density at radius 2 is 2.00 bits per heavy atom. The van der Waals surface area contributed by atoms with Crippen LogP contribution in [-0.4, -0.2) is 17.0 Å². The molecule has 0 aromatic heterocycles. The maximum absolute atomic E-state index is 12.2. The van der Waals surface area contributed by atoms with E-state index in [0.29, 0.717) is 12.8 Å². The van der Waals surface area contributed by atoms with Crippen LogP contribution in [0.4, 0.5) is 5.69 Å². The highest BCUT2D eigenvalue weighted by Crippen LogP contribution is 2.33. The molecule has 102 valence electrons. The number of nitrogens with one attached hydrogen (secondary N) is 1. The summed E-state index contributed by atoms with van der Waals surface area (Å²) in [5, 5.41) is 11.9. The van der Waals surface area contributed by atoms with Crippen molar-refractivity contribution in [1.29, 1.82) is 0 Å². The largest absolute Gasteiger partial charge is 0.481 e. The molecule has 0 aliphatic heterocycles. The first-order chi connectivity index (χ1) is 8.99. The minimum absolute atomic E-state index is 0.185. The Morgan fingerprint density at radius 3 is 2.63 bits per heavy atom. The van der Waals surface area contributed by atoms with Crippen molar-refractivity contribution in [2.24, 2.45) is 11.8 Å². The third-order valence-electron chi connectivity index (χ3n) is 3.62. The Morgan fingerprint density at radius 1 is 1.32 bits per heavy atom. The lowest BCUT2D eigenvalue weighted by atomic mass is 9.95. The summed E-state index contributed by atoms with van der Waals surface area (Å²) in [4.78, 5) is 23.3. The predicted octanol–water partition coefficient (Wildman–Crippen LogP) is 3.20. The lowest BCUT2D eigenvalue weighted by Gasteiger charge is -2.16. The number of carbonyl (C=O) groups excluding carboxylic acids is 1. The van der Waals surface area contributed by atoms with Gasteiger partial charge in [-0.2, -0.15) is 0 Å². The van der Waals surface area contributed by atoms with Gasteiger partial charge in [-0.15, -0.1) is 0 Å². The summed E-state index contributed by atoms with van der Waals surface area (Å²) in [6.07, 6.45) is 2.04. The summed E-state index contributed by atoms with van der Waals surface area (Å²) in [6, 6.07) is 5.59. The molecule has 2 unspecified atom stereocenters. The van der Waals surface area contributed by atoms with Gasteiger partial charge < -0.3 is 10.4 Å². The normalized spacial score (nSPS) is 22.2. The van der Waals surface area contributed by atoms with Crippen LogP contribution in [0.25, 0.3) is 0 Å². The lowest BCUT2D eigenvalue weighted by molar-refractivity contribution is -0.145. The Hall–Kier alpha value is -1.36. The molecule has 1 saturated carbocycles. The van der Waals surface area contributed by atoms with Crippen molar-refractivity contribution in [1.82, 2.24) is 0 Å². The number of hydrogen-bond donors (Lipinski definition) is 2. The molecule has 1 aliphatic rings. The molecule has 0 radical (unpaired) electrons. The van der Waals surface area contributed by atoms with E-state index in [9.17, 15) is 9.59 Å². The molecular weight excluding hydrogens is 310 g/mol. The van der Waals surface area contributed by atoms with Crippen molar-refractivity contribution in [3.05, 3.63) is 28.2 Å². The van der Waals surface area contributed by atoms with Gasteiger partial charge in [0.15, 0.2) is 0 Å². The molecule has 2 rings (SSSR count). The van der Waals surface area contributed by atoms with Crippen molar-refractivity contribution >= 4 is 33.5 Å². The molecule has 2 N–H and O–H groups in total. The maximum Gasteiger partial charge on any atom is 0.307 e. The van der Waals surface area contributed by atoms with Gasteiger partial charge in [0.2, 0.25) is 5.91 Å². The number of aryl methyl sites for hydroxylation is 1. The smallest absolute Gasteiger partial charge is 0.307 e. The number of anilines is 1. The van der Waals surface area contributed by atoms with E-state index in [2.05, 4.69) is 21.2 Å². The predicted molar refractivity (Wildman–Crippen MR) is 76.0 cm³/mol. The number of aliphatic carboxylic acids is 1. The van der Waals surface area contributed by atoms with Crippen molar-refractivity contribution in [2.45, 2.75) is 26.2 Å². The standard InChI is InChI=1S/C14H16BrNO3/c1-8-7-9(15)5-6-12(8)16-13(17)10-3-2-4-11(10)14(18)19/h5-7,10-11H,2-4H2,1H3,(H,16,17)(H,18,19). The molecule has 19 heavy (non-hydrogen) atoms. The Bertz CT molecular complexity index is 515. The first-order valence-electron chi connectivity index (χ1n) is 6.29. The molecule has 4 nitrogen and oxygen atoms in total. The van der Waals surface area contributed by atoms with Crippen molar-refractivity contribution < 1.29 is 14.7 Å². The summed E-state index contributed by atoms with van der Waals surface area (Å²) < 4.78 is 0.951. The van der Waals surface area contributed by atoms with E-state index in [1.165, 1.54) is 0 Å². The molecule has 0 heterocycles. The van der Waals surface area contributed by atoms with E-state index in [1.807, 2.05) is 25.1 Å². The second-order valence-corrected chi connectivity index (χ2v) is 5.85. The quantitative estimate of drug-likeness (QED) is 0.896. The van der Waals surface area contributed by atoms with Crippen LogP contribution in [0.5, 0.6) is 0 Å². The minimum atomic E-state index is -0.870. The third kappa shape index (κ3) is 3.15. The molecule has 1 aromatic rings. The highest BCUT2D eigenvalue weighted by atomic mass is 79.9. The van der Waals surface area contributed by atoms with Crippen LogP contribution in [0.3, 0.4) is 0 Å². The van der Waals surface area contributed by atoms with Gasteiger partial charge in [-0.3, -0.25) is 9.59 Å². The number of carboxylic acid groups (broad SMARTS) is 1. The zero-order valence-corrected chi connectivity index (χ0v) is 12.2. The number of carbonyl (C=O) groups is 2. The number of carboxylic acids is 1. The van der Waals surface area contributed by atoms with Gasteiger partial charge in [-0.05, 0) is 43.5 Å². The molecule has 5 heteroatoms. The van der Waals surface area contributed by atoms with Gasteiger partial charge in [0.25, 0.3) is 0 Å². The van der Waals surface area contributed by atoms with Crippen LogP contribution >= 0.6 is 15.9 Å². The average molecular weight is 326 g/mol. The van der Waals surface area contributed by atoms with Crippen molar-refractivity contribution in [2.75, 3.05) is 5.32 Å². The van der Waals surface area contributed by atoms with Crippen LogP contribution < -0.4 is 5.32 Å². The fourth-order valence-electron chi connectivity index (χ4n) is 2.56. The molecule has 0 bridgehead atoms.